The van der Waals surface area contributed by atoms with E-state index in [4.69, 9.17) is 21.1 Å². The van der Waals surface area contributed by atoms with Gasteiger partial charge in [0.25, 0.3) is 0 Å². The van der Waals surface area contributed by atoms with Crippen LogP contribution in [0.4, 0.5) is 0 Å². The zero-order chi connectivity index (χ0) is 7.33. The van der Waals surface area contributed by atoms with E-state index in [-0.39, 0.29) is 38.6 Å². The topological polar surface area (TPSA) is 86.7 Å². The number of hydrogen-bond donors (Lipinski definition) is 4. The predicted octanol–water partition coefficient (Wildman–Crippen LogP) is -1.53. The molecule has 0 aromatic heterocycles. The molecule has 0 spiro atoms. The lowest BCUT2D eigenvalue weighted by Gasteiger charge is -2.22. The van der Waals surface area contributed by atoms with Gasteiger partial charge in [0.05, 0.1) is 18.8 Å². The van der Waals surface area contributed by atoms with Crippen LogP contribution >= 0.6 is 12.4 Å². The number of aliphatic hydroxyl groups is 3. The van der Waals surface area contributed by atoms with E-state index in [1.165, 1.54) is 0 Å². The van der Waals surface area contributed by atoms with Gasteiger partial charge in [-0.25, -0.2) is 0 Å². The van der Waals surface area contributed by atoms with E-state index in [2.05, 4.69) is 0 Å². The minimum Gasteiger partial charge on any atom is -0.396 e. The fourth-order valence-electron chi connectivity index (χ4n) is 0.431. The van der Waals surface area contributed by atoms with Crippen molar-refractivity contribution in [3.05, 3.63) is 0 Å². The summed E-state index contributed by atoms with van der Waals surface area (Å²) in [6, 6.07) is 0. The molecule has 0 saturated heterocycles. The molecule has 10 heavy (non-hydrogen) atoms. The van der Waals surface area contributed by atoms with Gasteiger partial charge < -0.3 is 21.1 Å². The molecular formula is C5H14ClNO3. The minimum absolute atomic E-state index is 0. The third-order valence-corrected chi connectivity index (χ3v) is 1.24. The molecule has 0 radical (unpaired) electrons. The van der Waals surface area contributed by atoms with E-state index in [1.54, 1.807) is 0 Å². The summed E-state index contributed by atoms with van der Waals surface area (Å²) >= 11 is 0. The van der Waals surface area contributed by atoms with Crippen LogP contribution in [-0.2, 0) is 0 Å². The summed E-state index contributed by atoms with van der Waals surface area (Å²) in [5.41, 5.74) is 4.34. The van der Waals surface area contributed by atoms with Gasteiger partial charge in [0.15, 0.2) is 0 Å². The van der Waals surface area contributed by atoms with E-state index in [9.17, 15) is 0 Å². The maximum absolute atomic E-state index is 8.52. The van der Waals surface area contributed by atoms with Crippen LogP contribution in [-0.4, -0.2) is 40.7 Å². The van der Waals surface area contributed by atoms with Gasteiger partial charge in [-0.3, -0.25) is 0 Å². The summed E-state index contributed by atoms with van der Waals surface area (Å²) in [7, 11) is 0. The highest BCUT2D eigenvalue weighted by Gasteiger charge is 2.21. The molecule has 0 unspecified atom stereocenters. The fraction of sp³-hybridized carbons (Fsp3) is 1.00. The molecular weight excluding hydrogens is 158 g/mol. The Hall–Kier alpha value is 0.130. The van der Waals surface area contributed by atoms with Crippen molar-refractivity contribution in [1.29, 1.82) is 0 Å². The van der Waals surface area contributed by atoms with Gasteiger partial charge in [0.1, 0.15) is 0 Å². The van der Waals surface area contributed by atoms with Crippen molar-refractivity contribution in [3.63, 3.8) is 0 Å². The lowest BCUT2D eigenvalue weighted by atomic mass is 10.00. The summed E-state index contributed by atoms with van der Waals surface area (Å²) in [5.74, 6) is 0. The second-order valence-corrected chi connectivity index (χ2v) is 2.15. The lowest BCUT2D eigenvalue weighted by Crippen LogP contribution is -2.47. The van der Waals surface area contributed by atoms with Crippen LogP contribution in [0.3, 0.4) is 0 Å². The van der Waals surface area contributed by atoms with Crippen LogP contribution in [0.25, 0.3) is 0 Å². The van der Waals surface area contributed by atoms with E-state index in [0.29, 0.717) is 0 Å². The number of rotatable bonds is 4. The molecule has 0 aliphatic carbocycles. The number of halogens is 1. The normalized spacial score (nSPS) is 10.8. The van der Waals surface area contributed by atoms with Gasteiger partial charge >= 0.3 is 0 Å². The van der Waals surface area contributed by atoms with Gasteiger partial charge in [-0.2, -0.15) is 0 Å². The van der Waals surface area contributed by atoms with Crippen molar-refractivity contribution in [3.8, 4) is 0 Å². The third kappa shape index (κ3) is 4.03. The van der Waals surface area contributed by atoms with E-state index in [1.807, 2.05) is 0 Å². The van der Waals surface area contributed by atoms with Crippen molar-refractivity contribution in [2.24, 2.45) is 5.73 Å². The van der Waals surface area contributed by atoms with Gasteiger partial charge in [0.2, 0.25) is 0 Å². The molecule has 0 aromatic rings. The quantitative estimate of drug-likeness (QED) is 0.414. The van der Waals surface area contributed by atoms with Gasteiger partial charge in [0, 0.05) is 6.61 Å². The largest absolute Gasteiger partial charge is 0.396 e. The van der Waals surface area contributed by atoms with Crippen LogP contribution < -0.4 is 5.73 Å². The molecule has 64 valence electrons. The molecule has 0 heterocycles. The maximum Gasteiger partial charge on any atom is 0.0645 e. The molecule has 4 nitrogen and oxygen atoms in total. The molecule has 0 fully saturated rings. The maximum atomic E-state index is 8.52. The smallest absolute Gasteiger partial charge is 0.0645 e. The molecule has 0 amide bonds. The second-order valence-electron chi connectivity index (χ2n) is 2.15. The summed E-state index contributed by atoms with van der Waals surface area (Å²) in [5, 5.41) is 25.4. The number of nitrogens with two attached hydrogens (primary N) is 1. The second kappa shape index (κ2) is 5.88. The Balaban J connectivity index is 0. The third-order valence-electron chi connectivity index (χ3n) is 1.24. The average Bonchev–Trinajstić information content (AvgIpc) is 1.89. The van der Waals surface area contributed by atoms with Crippen molar-refractivity contribution in [2.75, 3.05) is 19.8 Å². The zero-order valence-electron chi connectivity index (χ0n) is 5.66. The monoisotopic (exact) mass is 171 g/mol. The first-order valence-corrected chi connectivity index (χ1v) is 2.80. The Kier molecular flexibility index (Phi) is 7.51. The van der Waals surface area contributed by atoms with Crippen molar-refractivity contribution in [2.45, 2.75) is 12.0 Å². The molecule has 0 aromatic carbocycles. The Morgan fingerprint density at radius 3 is 1.60 bits per heavy atom. The highest BCUT2D eigenvalue weighted by atomic mass is 35.5. The molecule has 0 bridgehead atoms. The first-order valence-electron chi connectivity index (χ1n) is 2.80. The number of aliphatic hydroxyl groups excluding tert-OH is 3. The van der Waals surface area contributed by atoms with Crippen molar-refractivity contribution < 1.29 is 15.3 Å². The van der Waals surface area contributed by atoms with Crippen molar-refractivity contribution in [1.82, 2.24) is 0 Å². The van der Waals surface area contributed by atoms with Gasteiger partial charge in [-0.05, 0) is 6.42 Å². The Bertz CT molecular complexity index is 77.3. The first kappa shape index (κ1) is 12.8. The Labute approximate surface area is 66.1 Å². The van der Waals surface area contributed by atoms with Crippen LogP contribution in [0.5, 0.6) is 0 Å². The number of hydrogen-bond acceptors (Lipinski definition) is 4. The minimum atomic E-state index is -1.01. The Morgan fingerprint density at radius 1 is 1.10 bits per heavy atom. The predicted molar refractivity (Wildman–Crippen MR) is 40.0 cm³/mol. The summed E-state index contributed by atoms with van der Waals surface area (Å²) < 4.78 is 0. The highest BCUT2D eigenvalue weighted by Crippen LogP contribution is 2.02. The zero-order valence-corrected chi connectivity index (χ0v) is 6.47. The van der Waals surface area contributed by atoms with E-state index in [0.717, 1.165) is 0 Å². The SMILES string of the molecule is Cl.NC(CO)(CO)CCO. The van der Waals surface area contributed by atoms with E-state index < -0.39 is 5.54 Å². The van der Waals surface area contributed by atoms with Gasteiger partial charge in [-0.15, -0.1) is 12.4 Å². The molecule has 0 rings (SSSR count). The molecule has 5 N–H and O–H groups in total. The van der Waals surface area contributed by atoms with Gasteiger partial charge in [-0.1, -0.05) is 0 Å². The summed E-state index contributed by atoms with van der Waals surface area (Å²) in [6.45, 7) is -0.717. The molecule has 0 aliphatic heterocycles. The summed E-state index contributed by atoms with van der Waals surface area (Å²) in [4.78, 5) is 0. The highest BCUT2D eigenvalue weighted by molar-refractivity contribution is 5.85. The molecule has 0 saturated carbocycles. The van der Waals surface area contributed by atoms with Crippen LogP contribution in [0, 0.1) is 0 Å². The molecule has 5 heteroatoms. The van der Waals surface area contributed by atoms with Crippen LogP contribution in [0.1, 0.15) is 6.42 Å². The molecule has 0 atom stereocenters. The lowest BCUT2D eigenvalue weighted by molar-refractivity contribution is 0.0967. The van der Waals surface area contributed by atoms with E-state index >= 15 is 0 Å². The van der Waals surface area contributed by atoms with Crippen LogP contribution in [0.15, 0.2) is 0 Å². The fourth-order valence-corrected chi connectivity index (χ4v) is 0.431. The van der Waals surface area contributed by atoms with Crippen molar-refractivity contribution >= 4 is 12.4 Å². The average molecular weight is 172 g/mol. The van der Waals surface area contributed by atoms with Crippen LogP contribution in [0.2, 0.25) is 0 Å². The Morgan fingerprint density at radius 2 is 1.50 bits per heavy atom. The first-order chi connectivity index (χ1) is 4.18. The molecule has 0 aliphatic rings. The summed E-state index contributed by atoms with van der Waals surface area (Å²) in [6.07, 6.45) is 0.222. The standard InChI is InChI=1S/C5H13NO3.ClH/c6-5(3-8,4-9)1-2-7;/h7-9H,1-4,6H2;1H.